The van der Waals surface area contributed by atoms with E-state index in [0.717, 1.165) is 54.5 Å². The average Bonchev–Trinajstić information content (AvgIpc) is 2.96. The molecule has 2 aliphatic heterocycles. The molecule has 3 heterocycles. The van der Waals surface area contributed by atoms with Gasteiger partial charge >= 0.3 is 11.6 Å². The average molecular weight is 538 g/mol. The van der Waals surface area contributed by atoms with Crippen LogP contribution in [0.5, 0.6) is 0 Å². The van der Waals surface area contributed by atoms with Crippen molar-refractivity contribution in [3.63, 3.8) is 0 Å². The van der Waals surface area contributed by atoms with E-state index >= 15 is 0 Å². The fourth-order valence-electron chi connectivity index (χ4n) is 5.96. The lowest BCUT2D eigenvalue weighted by molar-refractivity contribution is 0.0527. The maximum atomic E-state index is 13.8. The molecule has 1 aromatic heterocycles. The van der Waals surface area contributed by atoms with Gasteiger partial charge in [-0.3, -0.25) is 0 Å². The van der Waals surface area contributed by atoms with E-state index in [4.69, 9.17) is 13.6 Å². The minimum absolute atomic E-state index is 0.248. The molecule has 0 unspecified atom stereocenters. The Kier molecular flexibility index (Phi) is 6.66. The number of hydrogen-bond donors (Lipinski definition) is 0. The molecule has 0 fully saturated rings. The zero-order chi connectivity index (χ0) is 28.0. The molecule has 0 saturated carbocycles. The Balaban J connectivity index is 1.80. The summed E-state index contributed by atoms with van der Waals surface area (Å²) < 4.78 is 20.2. The third-order valence-corrected chi connectivity index (χ3v) is 7.93. The van der Waals surface area contributed by atoms with Crippen LogP contribution in [0.15, 0.2) is 68.2 Å². The summed E-state index contributed by atoms with van der Waals surface area (Å²) in [4.78, 5) is 29.0. The molecule has 204 valence electrons. The van der Waals surface area contributed by atoms with Crippen LogP contribution >= 0.6 is 0 Å². The fraction of sp³-hybridized carbons (Fsp3) is 0.303. The van der Waals surface area contributed by atoms with Crippen LogP contribution in [0.3, 0.4) is 0 Å². The maximum absolute atomic E-state index is 13.8. The number of aryl methyl sites for hydroxylation is 1. The Labute approximate surface area is 232 Å². The van der Waals surface area contributed by atoms with Crippen LogP contribution in [-0.2, 0) is 11.2 Å². The summed E-state index contributed by atoms with van der Waals surface area (Å²) in [6.07, 6.45) is 1.99. The molecule has 6 rings (SSSR count). The van der Waals surface area contributed by atoms with Crippen LogP contribution in [-0.4, -0.2) is 39.3 Å². The number of anilines is 1. The largest absolute Gasteiger partial charge is 0.462 e. The number of carbonyl (C=O) groups excluding carboxylic acids is 1. The van der Waals surface area contributed by atoms with Crippen molar-refractivity contribution in [2.75, 3.05) is 38.2 Å². The monoisotopic (exact) mass is 537 g/mol. The minimum atomic E-state index is -0.506. The van der Waals surface area contributed by atoms with Crippen LogP contribution < -0.4 is 20.5 Å². The van der Waals surface area contributed by atoms with Gasteiger partial charge in [0.25, 0.3) is 0 Å². The standard InChI is InChI=1S/C33H33N2O5/c1-5-35(6-2)21-14-15-24-27(18-21)39-31-25-17-20-11-10-16-34(4)26(20)19-28(25)40-33(37)30(31)29(24)22-12-8-9-13-23(22)32(36)38-7-3/h8-9,12-15,17-19H,5-7,10-11,16H2,1-4H3/q+1. The van der Waals surface area contributed by atoms with Gasteiger partial charge in [-0.25, -0.2) is 14.2 Å². The van der Waals surface area contributed by atoms with Crippen LogP contribution in [0.2, 0.25) is 0 Å². The van der Waals surface area contributed by atoms with Gasteiger partial charge in [0.05, 0.1) is 23.6 Å². The van der Waals surface area contributed by atoms with E-state index in [2.05, 4.69) is 36.4 Å². The zero-order valence-electron chi connectivity index (χ0n) is 23.4. The highest BCUT2D eigenvalue weighted by atomic mass is 16.5. The van der Waals surface area contributed by atoms with Crippen molar-refractivity contribution in [1.29, 1.82) is 0 Å². The Hall–Kier alpha value is -4.39. The SMILES string of the molecule is CCOC(=O)c1ccccc1-c1c2ccc(=[N+](CC)CC)cc-2oc2c1c(=O)oc1cc3c(cc12)CCCN3C. The van der Waals surface area contributed by atoms with E-state index in [-0.39, 0.29) is 6.61 Å². The normalized spacial score (nSPS) is 13.2. The van der Waals surface area contributed by atoms with Crippen LogP contribution in [0.25, 0.3) is 44.4 Å². The van der Waals surface area contributed by atoms with Gasteiger partial charge in [-0.1, -0.05) is 18.2 Å². The summed E-state index contributed by atoms with van der Waals surface area (Å²) in [7, 11) is 2.06. The van der Waals surface area contributed by atoms with Crippen LogP contribution in [0.4, 0.5) is 5.69 Å². The number of benzene rings is 3. The predicted molar refractivity (Wildman–Crippen MR) is 158 cm³/mol. The van der Waals surface area contributed by atoms with Gasteiger partial charge in [-0.05, 0) is 62.9 Å². The number of hydrogen-bond acceptors (Lipinski definition) is 6. The lowest BCUT2D eigenvalue weighted by Gasteiger charge is -2.27. The highest BCUT2D eigenvalue weighted by Gasteiger charge is 2.27. The molecular weight excluding hydrogens is 504 g/mol. The van der Waals surface area contributed by atoms with Crippen molar-refractivity contribution in [2.45, 2.75) is 33.6 Å². The number of esters is 1. The Morgan fingerprint density at radius 3 is 2.58 bits per heavy atom. The molecule has 0 atom stereocenters. The smallest absolute Gasteiger partial charge is 0.348 e. The maximum Gasteiger partial charge on any atom is 0.348 e. The lowest BCUT2D eigenvalue weighted by atomic mass is 9.90. The first-order valence-electron chi connectivity index (χ1n) is 14.0. The van der Waals surface area contributed by atoms with E-state index in [0.29, 0.717) is 39.0 Å². The molecule has 3 aromatic rings. The minimum Gasteiger partial charge on any atom is -0.462 e. The summed E-state index contributed by atoms with van der Waals surface area (Å²) in [5, 5.41) is 2.08. The second-order valence-corrected chi connectivity index (χ2v) is 10.2. The molecule has 3 aliphatic rings. The number of rotatable bonds is 5. The first-order chi connectivity index (χ1) is 19.4. The molecular formula is C33H33N2O5+. The Morgan fingerprint density at radius 1 is 1.00 bits per heavy atom. The number of ether oxygens (including phenoxy) is 1. The fourth-order valence-corrected chi connectivity index (χ4v) is 5.96. The molecule has 0 saturated heterocycles. The summed E-state index contributed by atoms with van der Waals surface area (Å²) in [5.74, 6) is 0.189. The summed E-state index contributed by atoms with van der Waals surface area (Å²) in [6.45, 7) is 8.91. The van der Waals surface area contributed by atoms with Gasteiger partial charge in [0.15, 0.2) is 5.58 Å². The van der Waals surface area contributed by atoms with Crippen molar-refractivity contribution < 1.29 is 18.4 Å². The predicted octanol–water partition coefficient (Wildman–Crippen LogP) is 5.68. The molecule has 0 spiro atoms. The second-order valence-electron chi connectivity index (χ2n) is 10.2. The quantitative estimate of drug-likeness (QED) is 0.0944. The zero-order valence-corrected chi connectivity index (χ0v) is 23.4. The topological polar surface area (TPSA) is 75.9 Å². The van der Waals surface area contributed by atoms with Gasteiger partial charge in [0, 0.05) is 42.5 Å². The van der Waals surface area contributed by atoms with Crippen molar-refractivity contribution in [1.82, 2.24) is 4.58 Å². The van der Waals surface area contributed by atoms with Crippen molar-refractivity contribution in [3.8, 4) is 22.5 Å². The first-order valence-corrected chi connectivity index (χ1v) is 14.0. The Morgan fingerprint density at radius 2 is 1.80 bits per heavy atom. The molecule has 7 nitrogen and oxygen atoms in total. The molecule has 7 heteroatoms. The van der Waals surface area contributed by atoms with Crippen molar-refractivity contribution in [2.24, 2.45) is 0 Å². The molecule has 0 bridgehead atoms. The summed E-state index contributed by atoms with van der Waals surface area (Å²) in [6, 6.07) is 17.3. The van der Waals surface area contributed by atoms with E-state index in [1.54, 1.807) is 19.1 Å². The summed E-state index contributed by atoms with van der Waals surface area (Å²) >= 11 is 0. The number of fused-ring (bicyclic) bond motifs is 5. The Bertz CT molecular complexity index is 1870. The van der Waals surface area contributed by atoms with Crippen molar-refractivity contribution in [3.05, 3.63) is 81.5 Å². The highest BCUT2D eigenvalue weighted by Crippen LogP contribution is 2.43. The van der Waals surface area contributed by atoms with E-state index in [1.165, 1.54) is 5.56 Å². The van der Waals surface area contributed by atoms with Gasteiger partial charge in [0.2, 0.25) is 5.36 Å². The molecule has 1 aliphatic carbocycles. The van der Waals surface area contributed by atoms with Crippen LogP contribution in [0, 0.1) is 0 Å². The van der Waals surface area contributed by atoms with E-state index in [1.807, 2.05) is 36.4 Å². The molecule has 0 N–H and O–H groups in total. The molecule has 2 aromatic carbocycles. The van der Waals surface area contributed by atoms with Crippen molar-refractivity contribution >= 4 is 33.6 Å². The van der Waals surface area contributed by atoms with E-state index < -0.39 is 11.6 Å². The lowest BCUT2D eigenvalue weighted by Crippen LogP contribution is -2.29. The van der Waals surface area contributed by atoms with Crippen LogP contribution in [0.1, 0.15) is 43.1 Å². The van der Waals surface area contributed by atoms with Gasteiger partial charge < -0.3 is 18.5 Å². The van der Waals surface area contributed by atoms with Gasteiger partial charge in [0.1, 0.15) is 29.8 Å². The number of carbonyl (C=O) groups is 1. The third kappa shape index (κ3) is 4.17. The van der Waals surface area contributed by atoms with Gasteiger partial charge in [-0.2, -0.15) is 0 Å². The molecule has 0 amide bonds. The second kappa shape index (κ2) is 10.3. The molecule has 40 heavy (non-hydrogen) atoms. The first kappa shape index (κ1) is 25.9. The third-order valence-electron chi connectivity index (χ3n) is 7.93. The number of nitrogens with zero attached hydrogens (tertiary/aromatic N) is 2. The summed E-state index contributed by atoms with van der Waals surface area (Å²) in [5.41, 5.74) is 5.02. The molecule has 0 radical (unpaired) electrons. The van der Waals surface area contributed by atoms with E-state index in [9.17, 15) is 9.59 Å². The highest BCUT2D eigenvalue weighted by molar-refractivity contribution is 6.13. The van der Waals surface area contributed by atoms with Gasteiger partial charge in [-0.15, -0.1) is 0 Å².